The second-order valence-corrected chi connectivity index (χ2v) is 14.4. The molecule has 0 amide bonds. The molecule has 52 heavy (non-hydrogen) atoms. The Balaban J connectivity index is 1.04. The number of aromatic nitrogens is 2. The molecule has 0 saturated carbocycles. The highest BCUT2D eigenvalue weighted by molar-refractivity contribution is 6.19. The molecule has 5 aliphatic rings. The zero-order chi connectivity index (χ0) is 33.9. The Kier molecular flexibility index (Phi) is 5.70. The summed E-state index contributed by atoms with van der Waals surface area (Å²) in [6.07, 6.45) is 22.6. The number of fused-ring (bicyclic) bond motifs is 10. The van der Waals surface area contributed by atoms with Crippen molar-refractivity contribution >= 4 is 78.5 Å². The molecule has 244 valence electrons. The van der Waals surface area contributed by atoms with Gasteiger partial charge in [-0.25, -0.2) is 0 Å². The van der Waals surface area contributed by atoms with E-state index in [-0.39, 0.29) is 12.1 Å². The van der Waals surface area contributed by atoms with Crippen LogP contribution in [0.4, 0.5) is 22.7 Å². The Labute approximate surface area is 301 Å². The van der Waals surface area contributed by atoms with E-state index in [0.717, 1.165) is 12.8 Å². The van der Waals surface area contributed by atoms with Crippen LogP contribution < -0.4 is 9.15 Å². The van der Waals surface area contributed by atoms with E-state index in [0.29, 0.717) is 0 Å². The van der Waals surface area contributed by atoms with Gasteiger partial charge in [-0.15, -0.1) is 0 Å². The van der Waals surface area contributed by atoms with Gasteiger partial charge in [0.25, 0.3) is 0 Å². The van der Waals surface area contributed by atoms with Crippen LogP contribution in [0.15, 0.2) is 164 Å². The first kappa shape index (κ1) is 28.2. The van der Waals surface area contributed by atoms with E-state index in [2.05, 4.69) is 188 Å². The first-order valence-corrected chi connectivity index (χ1v) is 18.4. The van der Waals surface area contributed by atoms with Crippen LogP contribution in [0.3, 0.4) is 0 Å². The van der Waals surface area contributed by atoms with Crippen molar-refractivity contribution in [3.8, 4) is 0 Å². The minimum absolute atomic E-state index is 0.123. The van der Waals surface area contributed by atoms with E-state index in [9.17, 15) is 0 Å². The van der Waals surface area contributed by atoms with Crippen LogP contribution in [0.2, 0.25) is 0 Å². The van der Waals surface area contributed by atoms with Gasteiger partial charge in [0.15, 0.2) is 0 Å². The lowest BCUT2D eigenvalue weighted by molar-refractivity contribution is 0.704. The van der Waals surface area contributed by atoms with Crippen LogP contribution in [-0.4, -0.2) is 20.6 Å². The normalized spacial score (nSPS) is 19.4. The first-order valence-electron chi connectivity index (χ1n) is 18.4. The van der Waals surface area contributed by atoms with Crippen LogP contribution in [0.5, 0.6) is 0 Å². The Morgan fingerprint density at radius 2 is 1.13 bits per heavy atom. The van der Waals surface area contributed by atoms with Crippen LogP contribution in [0, 0.1) is 0 Å². The highest BCUT2D eigenvalue weighted by Gasteiger charge is 2.40. The molecule has 2 unspecified atom stereocenters. The molecule has 2 aromatic heterocycles. The molecular weight excluding hydrogens is 633 g/mol. The minimum Gasteiger partial charge on any atom is -0.321 e. The van der Waals surface area contributed by atoms with Crippen molar-refractivity contribution < 1.29 is 0 Å². The summed E-state index contributed by atoms with van der Waals surface area (Å²) in [6.45, 7) is 0. The molecule has 5 aromatic carbocycles. The fourth-order valence-corrected chi connectivity index (χ4v) is 9.71. The topological polar surface area (TPSA) is 15.9 Å². The molecule has 2 aliphatic heterocycles. The van der Waals surface area contributed by atoms with Crippen molar-refractivity contribution in [3.63, 3.8) is 0 Å². The molecule has 7 aromatic rings. The van der Waals surface area contributed by atoms with Gasteiger partial charge in [-0.05, 0) is 42.2 Å². The van der Waals surface area contributed by atoms with Gasteiger partial charge in [-0.2, -0.15) is 9.15 Å². The Hall–Kier alpha value is -6.52. The zero-order valence-corrected chi connectivity index (χ0v) is 28.5. The lowest BCUT2D eigenvalue weighted by Crippen LogP contribution is -2.31. The summed E-state index contributed by atoms with van der Waals surface area (Å²) >= 11 is 0. The van der Waals surface area contributed by atoms with Crippen LogP contribution >= 0.6 is 0 Å². The van der Waals surface area contributed by atoms with E-state index in [1.54, 1.807) is 0 Å². The first-order chi connectivity index (χ1) is 25.8. The monoisotopic (exact) mass is 666 g/mol. The Morgan fingerprint density at radius 1 is 0.519 bits per heavy atom. The van der Waals surface area contributed by atoms with Gasteiger partial charge in [0, 0.05) is 76.0 Å². The molecule has 4 heterocycles. The summed E-state index contributed by atoms with van der Waals surface area (Å²) in [5, 5.41) is 3.96. The van der Waals surface area contributed by atoms with E-state index in [1.165, 1.54) is 89.3 Å². The van der Waals surface area contributed by atoms with Gasteiger partial charge in [0.2, 0.25) is 34.2 Å². The second-order valence-electron chi connectivity index (χ2n) is 14.4. The molecule has 2 atom stereocenters. The molecule has 0 bridgehead atoms. The van der Waals surface area contributed by atoms with Crippen LogP contribution in [0.1, 0.15) is 35.3 Å². The summed E-state index contributed by atoms with van der Waals surface area (Å²) in [6, 6.07) is 42.8. The van der Waals surface area contributed by atoms with Crippen molar-refractivity contribution in [3.05, 3.63) is 181 Å². The van der Waals surface area contributed by atoms with Crippen LogP contribution in [0.25, 0.3) is 44.4 Å². The fourth-order valence-electron chi connectivity index (χ4n) is 9.71. The molecule has 0 radical (unpaired) electrons. The molecular formula is C48H34N4+2. The van der Waals surface area contributed by atoms with Crippen molar-refractivity contribution in [1.82, 2.24) is 18.3 Å². The lowest BCUT2D eigenvalue weighted by Gasteiger charge is -2.26. The maximum atomic E-state index is 2.63. The summed E-state index contributed by atoms with van der Waals surface area (Å²) in [7, 11) is 0. The molecule has 0 fully saturated rings. The summed E-state index contributed by atoms with van der Waals surface area (Å²) in [5.74, 6) is 0. The fraction of sp³-hybridized carbons (Fsp3) is 0.0833. The largest absolute Gasteiger partial charge is 0.321 e. The Morgan fingerprint density at radius 3 is 1.81 bits per heavy atom. The highest BCUT2D eigenvalue weighted by Crippen LogP contribution is 2.47. The predicted octanol–water partition coefficient (Wildman–Crippen LogP) is 11.1. The maximum absolute atomic E-state index is 2.63. The van der Waals surface area contributed by atoms with E-state index < -0.39 is 0 Å². The van der Waals surface area contributed by atoms with Crippen molar-refractivity contribution in [2.75, 3.05) is 0 Å². The maximum Gasteiger partial charge on any atom is 0.235 e. The van der Waals surface area contributed by atoms with Crippen molar-refractivity contribution in [2.45, 2.75) is 24.9 Å². The van der Waals surface area contributed by atoms with Crippen molar-refractivity contribution in [1.29, 1.82) is 0 Å². The molecule has 4 heteroatoms. The number of hydrogen-bond donors (Lipinski definition) is 0. The third-order valence-electron chi connectivity index (χ3n) is 11.8. The van der Waals surface area contributed by atoms with Gasteiger partial charge >= 0.3 is 0 Å². The van der Waals surface area contributed by atoms with E-state index in [4.69, 9.17) is 0 Å². The van der Waals surface area contributed by atoms with Gasteiger partial charge in [-0.1, -0.05) is 103 Å². The summed E-state index contributed by atoms with van der Waals surface area (Å²) in [5.41, 5.74) is 16.9. The average molecular weight is 667 g/mol. The van der Waals surface area contributed by atoms with E-state index >= 15 is 0 Å². The SMILES string of the molecule is C1=CC2=[N+](c3ccccc3)c3cccc4c5c(n(c34)C2C=C1)CCC(c1ccc2c(c1)c1cccc3c1n2C1C=CC=CC1=[N+]3c1ccccc1)=C5. The number of benzene rings is 5. The standard InChI is InChI=1S/C48H34N4/c1-3-13-33(14-4-1)49-41-19-7-9-21-43(41)51-39-27-25-31(29-37(39)35-17-11-23-45(49)47(35)51)32-26-28-40-38(30-32)36-18-12-24-46-48(36)52(40)44-22-10-8-20-42(44)50(46)34-15-5-2-6-16-34/h1-25,27,29-30,43-44H,26,28H2/q+2. The van der Waals surface area contributed by atoms with E-state index in [1.807, 2.05) is 0 Å². The lowest BCUT2D eigenvalue weighted by atomic mass is 9.90. The number of nitrogens with zero attached hydrogens (tertiary/aromatic N) is 4. The summed E-state index contributed by atoms with van der Waals surface area (Å²) in [4.78, 5) is 0. The summed E-state index contributed by atoms with van der Waals surface area (Å²) < 4.78 is 10.1. The molecule has 12 rings (SSSR count). The van der Waals surface area contributed by atoms with Crippen LogP contribution in [-0.2, 0) is 6.42 Å². The number of rotatable bonds is 3. The minimum atomic E-state index is 0.123. The average Bonchev–Trinajstić information content (AvgIpc) is 3.73. The smallest absolute Gasteiger partial charge is 0.235 e. The molecule has 0 N–H and O–H groups in total. The van der Waals surface area contributed by atoms with Gasteiger partial charge < -0.3 is 9.13 Å². The third-order valence-corrected chi connectivity index (χ3v) is 11.8. The van der Waals surface area contributed by atoms with Gasteiger partial charge in [0.1, 0.15) is 23.1 Å². The highest BCUT2D eigenvalue weighted by atomic mass is 15.2. The van der Waals surface area contributed by atoms with Gasteiger partial charge in [0.05, 0.1) is 5.52 Å². The Bertz CT molecular complexity index is 2940. The third kappa shape index (κ3) is 3.71. The number of hydrogen-bond acceptors (Lipinski definition) is 0. The van der Waals surface area contributed by atoms with Gasteiger partial charge in [-0.3, -0.25) is 0 Å². The molecule has 0 saturated heterocycles. The second kappa shape index (κ2) is 10.5. The molecule has 4 nitrogen and oxygen atoms in total. The number of para-hydroxylation sites is 4. The number of allylic oxidation sites excluding steroid dienone is 9. The predicted molar refractivity (Wildman–Crippen MR) is 218 cm³/mol. The molecule has 0 spiro atoms. The zero-order valence-electron chi connectivity index (χ0n) is 28.5. The molecule has 3 aliphatic carbocycles. The van der Waals surface area contributed by atoms with Crippen molar-refractivity contribution in [2.24, 2.45) is 0 Å². The quantitative estimate of drug-likeness (QED) is 0.167.